The van der Waals surface area contributed by atoms with Gasteiger partial charge in [-0.1, -0.05) is 51.4 Å². The van der Waals surface area contributed by atoms with E-state index in [9.17, 15) is 0 Å². The zero-order valence-electron chi connectivity index (χ0n) is 10.4. The first-order chi connectivity index (χ1) is 9.25. The lowest BCUT2D eigenvalue weighted by atomic mass is 9.97. The predicted molar refractivity (Wildman–Crippen MR) is 79.8 cm³/mol. The summed E-state index contributed by atoms with van der Waals surface area (Å²) in [4.78, 5) is 0. The molecule has 0 saturated heterocycles. The third-order valence-electron chi connectivity index (χ3n) is 3.12. The second-order valence-corrected chi connectivity index (χ2v) is 5.25. The van der Waals surface area contributed by atoms with E-state index in [-0.39, 0.29) is 0 Å². The van der Waals surface area contributed by atoms with E-state index in [4.69, 9.17) is 4.52 Å². The molecule has 2 aromatic carbocycles. The first-order valence-corrected chi connectivity index (χ1v) is 6.81. The molecule has 2 nitrogen and oxygen atoms in total. The zero-order chi connectivity index (χ0) is 13.2. The summed E-state index contributed by atoms with van der Waals surface area (Å²) in [6, 6.07) is 16.4. The van der Waals surface area contributed by atoms with Gasteiger partial charge in [-0.05, 0) is 35.7 Å². The van der Waals surface area contributed by atoms with E-state index in [0.29, 0.717) is 0 Å². The largest absolute Gasteiger partial charge is 0.364 e. The number of halogens is 1. The minimum Gasteiger partial charge on any atom is -0.364 e. The summed E-state index contributed by atoms with van der Waals surface area (Å²) in [5, 5.41) is 3.96. The van der Waals surface area contributed by atoms with Gasteiger partial charge in [0.2, 0.25) is 0 Å². The van der Waals surface area contributed by atoms with E-state index in [2.05, 4.69) is 58.3 Å². The first-order valence-electron chi connectivity index (χ1n) is 6.02. The van der Waals surface area contributed by atoms with Crippen LogP contribution in [0.2, 0.25) is 0 Å². The Morgan fingerprint density at radius 3 is 2.53 bits per heavy atom. The summed E-state index contributed by atoms with van der Waals surface area (Å²) >= 11 is 3.60. The molecule has 3 rings (SSSR count). The van der Waals surface area contributed by atoms with Crippen LogP contribution >= 0.6 is 15.9 Å². The van der Waals surface area contributed by atoms with Gasteiger partial charge in [0.25, 0.3) is 0 Å². The number of aromatic nitrogens is 1. The van der Waals surface area contributed by atoms with Gasteiger partial charge in [0.1, 0.15) is 12.0 Å². The highest BCUT2D eigenvalue weighted by molar-refractivity contribution is 9.10. The molecule has 0 atom stereocenters. The number of hydrogen-bond donors (Lipinski definition) is 0. The van der Waals surface area contributed by atoms with Crippen molar-refractivity contribution >= 4 is 15.9 Å². The quantitative estimate of drug-likeness (QED) is 0.659. The van der Waals surface area contributed by atoms with Gasteiger partial charge in [-0.3, -0.25) is 0 Å². The van der Waals surface area contributed by atoms with Crippen molar-refractivity contribution in [3.05, 3.63) is 64.8 Å². The lowest BCUT2D eigenvalue weighted by Gasteiger charge is -2.09. The average molecular weight is 314 g/mol. The van der Waals surface area contributed by atoms with E-state index in [1.54, 1.807) is 6.26 Å². The summed E-state index contributed by atoms with van der Waals surface area (Å²) in [7, 11) is 0. The van der Waals surface area contributed by atoms with Crippen molar-refractivity contribution in [2.45, 2.75) is 6.92 Å². The van der Waals surface area contributed by atoms with E-state index in [1.165, 1.54) is 16.7 Å². The molecule has 0 saturated carbocycles. The molecule has 1 aromatic heterocycles. The van der Waals surface area contributed by atoms with Crippen molar-refractivity contribution in [2.75, 3.05) is 0 Å². The van der Waals surface area contributed by atoms with Crippen LogP contribution in [0.5, 0.6) is 0 Å². The lowest BCUT2D eigenvalue weighted by Crippen LogP contribution is -1.86. The molecule has 0 N–H and O–H groups in total. The number of rotatable bonds is 2. The van der Waals surface area contributed by atoms with Gasteiger partial charge in [-0.25, -0.2) is 0 Å². The van der Waals surface area contributed by atoms with Gasteiger partial charge in [0.05, 0.1) is 0 Å². The Morgan fingerprint density at radius 1 is 1.00 bits per heavy atom. The normalized spacial score (nSPS) is 10.6. The molecule has 0 unspecified atom stereocenters. The molecule has 0 fully saturated rings. The van der Waals surface area contributed by atoms with Crippen LogP contribution in [0.1, 0.15) is 5.56 Å². The molecule has 3 aromatic rings. The van der Waals surface area contributed by atoms with Crippen LogP contribution in [0.15, 0.2) is 63.8 Å². The van der Waals surface area contributed by atoms with Gasteiger partial charge in [-0.2, -0.15) is 0 Å². The van der Waals surface area contributed by atoms with Gasteiger partial charge in [0.15, 0.2) is 0 Å². The molecular formula is C16H12BrNO. The number of nitrogens with zero attached hydrogens (tertiary/aromatic N) is 1. The fraction of sp³-hybridized carbons (Fsp3) is 0.0625. The third kappa shape index (κ3) is 2.34. The molecule has 0 bridgehead atoms. The predicted octanol–water partition coefficient (Wildman–Crippen LogP) is 5.08. The van der Waals surface area contributed by atoms with Crippen molar-refractivity contribution in [1.82, 2.24) is 5.16 Å². The highest BCUT2D eigenvalue weighted by atomic mass is 79.9. The van der Waals surface area contributed by atoms with Crippen LogP contribution in [0.4, 0.5) is 0 Å². The van der Waals surface area contributed by atoms with Crippen LogP contribution in [0.3, 0.4) is 0 Å². The van der Waals surface area contributed by atoms with E-state index in [1.807, 2.05) is 18.2 Å². The Balaban J connectivity index is 2.08. The molecule has 1 heterocycles. The minimum atomic E-state index is 0.863. The fourth-order valence-electron chi connectivity index (χ4n) is 2.17. The summed E-state index contributed by atoms with van der Waals surface area (Å²) in [5.74, 6) is 0. The standard InChI is InChI=1S/C16H12BrNO/c1-11-10-12(16-8-9-19-18-16)6-7-13(11)14-4-2-3-5-15(14)17/h2-10H,1H3. The van der Waals surface area contributed by atoms with Gasteiger partial charge in [0, 0.05) is 16.1 Å². The van der Waals surface area contributed by atoms with Crippen LogP contribution in [0, 0.1) is 6.92 Å². The summed E-state index contributed by atoms with van der Waals surface area (Å²) in [6.07, 6.45) is 1.59. The summed E-state index contributed by atoms with van der Waals surface area (Å²) in [6.45, 7) is 2.11. The minimum absolute atomic E-state index is 0.863. The number of hydrogen-bond acceptors (Lipinski definition) is 2. The molecule has 0 amide bonds. The van der Waals surface area contributed by atoms with Gasteiger partial charge in [-0.15, -0.1) is 0 Å². The smallest absolute Gasteiger partial charge is 0.124 e. The SMILES string of the molecule is Cc1cc(-c2ccon2)ccc1-c1ccccc1Br. The average Bonchev–Trinajstić information content (AvgIpc) is 2.94. The van der Waals surface area contributed by atoms with E-state index >= 15 is 0 Å². The van der Waals surface area contributed by atoms with Crippen LogP contribution in [0.25, 0.3) is 22.4 Å². The molecule has 94 valence electrons. The molecule has 0 radical (unpaired) electrons. The number of aryl methyl sites for hydroxylation is 1. The maximum Gasteiger partial charge on any atom is 0.124 e. The highest BCUT2D eigenvalue weighted by Gasteiger charge is 2.08. The van der Waals surface area contributed by atoms with Crippen molar-refractivity contribution in [3.8, 4) is 22.4 Å². The molecule has 0 spiro atoms. The van der Waals surface area contributed by atoms with Crippen molar-refractivity contribution in [2.24, 2.45) is 0 Å². The molecule has 19 heavy (non-hydrogen) atoms. The van der Waals surface area contributed by atoms with Gasteiger partial charge >= 0.3 is 0 Å². The molecule has 3 heteroatoms. The van der Waals surface area contributed by atoms with E-state index in [0.717, 1.165) is 15.7 Å². The molecule has 0 aliphatic carbocycles. The van der Waals surface area contributed by atoms with Gasteiger partial charge < -0.3 is 4.52 Å². The monoisotopic (exact) mass is 313 g/mol. The summed E-state index contributed by atoms with van der Waals surface area (Å²) < 4.78 is 5.99. The zero-order valence-corrected chi connectivity index (χ0v) is 12.0. The first kappa shape index (κ1) is 12.2. The Kier molecular flexibility index (Phi) is 3.22. The molecule has 0 aliphatic heterocycles. The second-order valence-electron chi connectivity index (χ2n) is 4.39. The lowest BCUT2D eigenvalue weighted by molar-refractivity contribution is 0.422. The highest BCUT2D eigenvalue weighted by Crippen LogP contribution is 2.32. The Hall–Kier alpha value is -1.87. The molecule has 0 aliphatic rings. The van der Waals surface area contributed by atoms with Crippen LogP contribution < -0.4 is 0 Å². The fourth-order valence-corrected chi connectivity index (χ4v) is 2.66. The molecular weight excluding hydrogens is 302 g/mol. The topological polar surface area (TPSA) is 26.0 Å². The maximum atomic E-state index is 4.89. The number of benzene rings is 2. The van der Waals surface area contributed by atoms with Crippen LogP contribution in [-0.2, 0) is 0 Å². The third-order valence-corrected chi connectivity index (χ3v) is 3.82. The van der Waals surface area contributed by atoms with Crippen LogP contribution in [-0.4, -0.2) is 5.16 Å². The summed E-state index contributed by atoms with van der Waals surface area (Å²) in [5.41, 5.74) is 5.57. The second kappa shape index (κ2) is 5.02. The Bertz CT molecular complexity index is 705. The van der Waals surface area contributed by atoms with Crippen molar-refractivity contribution < 1.29 is 4.52 Å². The Labute approximate surface area is 120 Å². The van der Waals surface area contributed by atoms with Crippen molar-refractivity contribution in [1.29, 1.82) is 0 Å². The van der Waals surface area contributed by atoms with E-state index < -0.39 is 0 Å². The Morgan fingerprint density at radius 2 is 1.84 bits per heavy atom. The van der Waals surface area contributed by atoms with Crippen molar-refractivity contribution in [3.63, 3.8) is 0 Å². The maximum absolute atomic E-state index is 4.89.